The van der Waals surface area contributed by atoms with Crippen molar-refractivity contribution in [2.75, 3.05) is 31.6 Å². The fourth-order valence-electron chi connectivity index (χ4n) is 4.61. The van der Waals surface area contributed by atoms with Gasteiger partial charge in [0.25, 0.3) is 11.5 Å². The summed E-state index contributed by atoms with van der Waals surface area (Å²) in [6.45, 7) is 1.29. The number of thiophene rings is 1. The minimum absolute atomic E-state index is 0.112. The smallest absolute Gasteiger partial charge is 0.256 e. The minimum atomic E-state index is -3.67. The number of nitrogens with zero attached hydrogens (tertiary/aromatic N) is 4. The van der Waals surface area contributed by atoms with Gasteiger partial charge in [0, 0.05) is 30.3 Å². The molecule has 6 rings (SSSR count). The number of carbonyl (C=O) groups excluding carboxylic acids is 1. The number of aryl methyl sites for hydroxylation is 1. The number of sulfonamides is 1. The summed E-state index contributed by atoms with van der Waals surface area (Å²) < 4.78 is 33.9. The number of H-pyrrole nitrogens is 1. The van der Waals surface area contributed by atoms with Gasteiger partial charge in [0.2, 0.25) is 16.0 Å². The van der Waals surface area contributed by atoms with Crippen molar-refractivity contribution in [3.05, 3.63) is 75.0 Å². The molecule has 0 saturated carbocycles. The molecule has 4 aromatic rings. The Labute approximate surface area is 222 Å². The maximum Gasteiger partial charge on any atom is 0.256 e. The van der Waals surface area contributed by atoms with Crippen molar-refractivity contribution < 1.29 is 17.9 Å². The van der Waals surface area contributed by atoms with E-state index >= 15 is 0 Å². The number of hydrogen-bond donors (Lipinski definition) is 2. The summed E-state index contributed by atoms with van der Waals surface area (Å²) in [5, 5.41) is 9.39. The van der Waals surface area contributed by atoms with Crippen molar-refractivity contribution in [1.29, 1.82) is 0 Å². The van der Waals surface area contributed by atoms with E-state index in [1.165, 1.54) is 44.6 Å². The van der Waals surface area contributed by atoms with E-state index in [-0.39, 0.29) is 22.0 Å². The lowest BCUT2D eigenvalue weighted by atomic mass is 10.2. The number of anilines is 1. The van der Waals surface area contributed by atoms with E-state index in [2.05, 4.69) is 20.4 Å². The summed E-state index contributed by atoms with van der Waals surface area (Å²) in [7, 11) is -3.67. The maximum atomic E-state index is 13.2. The number of ether oxygens (including phenoxy) is 1. The Bertz CT molecular complexity index is 1650. The first-order valence-corrected chi connectivity index (χ1v) is 14.5. The van der Waals surface area contributed by atoms with E-state index in [1.807, 2.05) is 17.5 Å². The van der Waals surface area contributed by atoms with E-state index in [4.69, 9.17) is 4.74 Å². The second-order valence-corrected chi connectivity index (χ2v) is 11.9. The van der Waals surface area contributed by atoms with E-state index in [1.54, 1.807) is 6.07 Å². The third kappa shape index (κ3) is 4.58. The summed E-state index contributed by atoms with van der Waals surface area (Å²) in [5.74, 6) is 0.0907. The van der Waals surface area contributed by atoms with Crippen LogP contribution in [0.5, 0.6) is 0 Å². The monoisotopic (exact) mass is 552 g/mol. The molecule has 0 radical (unpaired) electrons. The Balaban J connectivity index is 1.30. The van der Waals surface area contributed by atoms with Crippen LogP contribution < -0.4 is 10.9 Å². The molecule has 0 bridgehead atoms. The molecule has 2 N–H and O–H groups in total. The van der Waals surface area contributed by atoms with Gasteiger partial charge in [-0.3, -0.25) is 14.6 Å². The number of aromatic amines is 1. The van der Waals surface area contributed by atoms with Gasteiger partial charge in [0.1, 0.15) is 11.5 Å². The van der Waals surface area contributed by atoms with Gasteiger partial charge in [-0.15, -0.1) is 11.3 Å². The van der Waals surface area contributed by atoms with E-state index in [0.717, 1.165) is 17.0 Å². The van der Waals surface area contributed by atoms with Crippen LogP contribution in [0.15, 0.2) is 57.5 Å². The van der Waals surface area contributed by atoms with Crippen LogP contribution in [-0.2, 0) is 27.6 Å². The molecule has 0 atom stereocenters. The van der Waals surface area contributed by atoms with Crippen LogP contribution in [-0.4, -0.2) is 64.7 Å². The third-order valence-corrected chi connectivity index (χ3v) is 9.38. The average molecular weight is 553 g/mol. The molecule has 2 aliphatic rings. The fraction of sp³-hybridized carbons (Fsp3) is 0.280. The predicted octanol–water partition coefficient (Wildman–Crippen LogP) is 2.45. The van der Waals surface area contributed by atoms with Gasteiger partial charge in [-0.05, 0) is 55.0 Å². The number of amides is 1. The molecule has 1 saturated heterocycles. The lowest BCUT2D eigenvalue weighted by Gasteiger charge is -2.26. The van der Waals surface area contributed by atoms with Crippen molar-refractivity contribution in [2.24, 2.45) is 0 Å². The molecule has 196 valence electrons. The van der Waals surface area contributed by atoms with E-state index in [0.29, 0.717) is 56.2 Å². The highest BCUT2D eigenvalue weighted by molar-refractivity contribution is 7.89. The van der Waals surface area contributed by atoms with Crippen LogP contribution in [0.4, 0.5) is 5.82 Å². The Morgan fingerprint density at radius 1 is 1.11 bits per heavy atom. The molecule has 0 spiro atoms. The summed E-state index contributed by atoms with van der Waals surface area (Å²) in [6.07, 6.45) is 2.28. The molecule has 3 aromatic heterocycles. The van der Waals surface area contributed by atoms with Gasteiger partial charge in [0.15, 0.2) is 0 Å². The predicted molar refractivity (Wildman–Crippen MR) is 141 cm³/mol. The SMILES string of the molecule is O=C(Nc1cc(-c2cccs2)nn1-c1nc2c(c(=O)[nH]1)CCC2)c1ccc(S(=O)(=O)N2CCOCC2)cc1. The van der Waals surface area contributed by atoms with Gasteiger partial charge < -0.3 is 10.1 Å². The molecule has 13 heteroatoms. The number of aromatic nitrogens is 4. The Hall–Kier alpha value is -3.65. The molecule has 1 fully saturated rings. The summed E-state index contributed by atoms with van der Waals surface area (Å²) in [5.41, 5.74) is 2.12. The average Bonchev–Trinajstić information content (AvgIpc) is 3.70. The second kappa shape index (κ2) is 9.91. The molecule has 1 amide bonds. The number of morpholine rings is 1. The van der Waals surface area contributed by atoms with Crippen LogP contribution in [0.25, 0.3) is 16.5 Å². The lowest BCUT2D eigenvalue weighted by Crippen LogP contribution is -2.40. The van der Waals surface area contributed by atoms with Gasteiger partial charge in [-0.25, -0.2) is 13.4 Å². The number of rotatable bonds is 6. The van der Waals surface area contributed by atoms with Crippen LogP contribution in [0, 0.1) is 0 Å². The number of benzene rings is 1. The van der Waals surface area contributed by atoms with Crippen molar-refractivity contribution in [3.8, 4) is 16.5 Å². The first-order chi connectivity index (χ1) is 18.4. The molecule has 38 heavy (non-hydrogen) atoms. The zero-order chi connectivity index (χ0) is 26.3. The van der Waals surface area contributed by atoms with Gasteiger partial charge in [0.05, 0.1) is 28.7 Å². The highest BCUT2D eigenvalue weighted by atomic mass is 32.2. The standard InChI is InChI=1S/C25H24N6O5S2/c32-23(16-6-8-17(9-7-16)38(34,35)30-10-12-36-13-11-30)27-22-15-20(21-5-2-14-37-21)29-31(22)25-26-19-4-1-3-18(19)24(33)28-25/h2,5-9,14-15H,1,3-4,10-13H2,(H,27,32)(H,26,28,33). The molecule has 1 aliphatic carbocycles. The van der Waals surface area contributed by atoms with Gasteiger partial charge in [-0.1, -0.05) is 6.07 Å². The van der Waals surface area contributed by atoms with Crippen molar-refractivity contribution >= 4 is 33.1 Å². The number of nitrogens with one attached hydrogen (secondary N) is 2. The summed E-state index contributed by atoms with van der Waals surface area (Å²) >= 11 is 1.50. The van der Waals surface area contributed by atoms with E-state index in [9.17, 15) is 18.0 Å². The number of hydrogen-bond acceptors (Lipinski definition) is 8. The second-order valence-electron chi connectivity index (χ2n) is 8.97. The van der Waals surface area contributed by atoms with Crippen LogP contribution in [0.3, 0.4) is 0 Å². The molecule has 1 aromatic carbocycles. The Morgan fingerprint density at radius 2 is 1.89 bits per heavy atom. The molecule has 0 unspecified atom stereocenters. The lowest BCUT2D eigenvalue weighted by molar-refractivity contribution is 0.0730. The molecule has 1 aliphatic heterocycles. The van der Waals surface area contributed by atoms with Crippen molar-refractivity contribution in [3.63, 3.8) is 0 Å². The van der Waals surface area contributed by atoms with Crippen molar-refractivity contribution in [2.45, 2.75) is 24.2 Å². The first kappa shape index (κ1) is 24.7. The Morgan fingerprint density at radius 3 is 2.63 bits per heavy atom. The topological polar surface area (TPSA) is 139 Å². The van der Waals surface area contributed by atoms with Crippen LogP contribution in [0.1, 0.15) is 28.0 Å². The maximum absolute atomic E-state index is 13.2. The molecule has 11 nitrogen and oxygen atoms in total. The zero-order valence-electron chi connectivity index (χ0n) is 20.2. The molecule has 4 heterocycles. The third-order valence-electron chi connectivity index (χ3n) is 6.58. The fourth-order valence-corrected chi connectivity index (χ4v) is 6.70. The van der Waals surface area contributed by atoms with Gasteiger partial charge in [-0.2, -0.15) is 14.1 Å². The minimum Gasteiger partial charge on any atom is -0.379 e. The van der Waals surface area contributed by atoms with Gasteiger partial charge >= 0.3 is 0 Å². The first-order valence-electron chi connectivity index (χ1n) is 12.2. The zero-order valence-corrected chi connectivity index (χ0v) is 21.8. The Kier molecular flexibility index (Phi) is 6.43. The quantitative estimate of drug-likeness (QED) is 0.375. The van der Waals surface area contributed by atoms with E-state index < -0.39 is 15.9 Å². The summed E-state index contributed by atoms with van der Waals surface area (Å²) in [4.78, 5) is 34.3. The number of fused-ring (bicyclic) bond motifs is 1. The highest BCUT2D eigenvalue weighted by Crippen LogP contribution is 2.28. The molecular formula is C25H24N6O5S2. The number of carbonyl (C=O) groups is 1. The highest BCUT2D eigenvalue weighted by Gasteiger charge is 2.27. The van der Waals surface area contributed by atoms with Crippen LogP contribution >= 0.6 is 11.3 Å². The molecular weight excluding hydrogens is 528 g/mol. The van der Waals surface area contributed by atoms with Crippen molar-refractivity contribution in [1.82, 2.24) is 24.1 Å². The largest absolute Gasteiger partial charge is 0.379 e. The summed E-state index contributed by atoms with van der Waals surface area (Å²) in [6, 6.07) is 11.3. The van der Waals surface area contributed by atoms with Crippen LogP contribution in [0.2, 0.25) is 0 Å². The normalized spacial score (nSPS) is 15.9.